The fourth-order valence-electron chi connectivity index (χ4n) is 3.90. The SMILES string of the molecule is Nc1ncnc2c1c(-c1cc3c(Cl)cccc3[nH]1)nn2CC1CCNCC1. The van der Waals surface area contributed by atoms with Gasteiger partial charge in [0.1, 0.15) is 17.8 Å². The largest absolute Gasteiger partial charge is 0.383 e. The molecule has 1 saturated heterocycles. The van der Waals surface area contributed by atoms with Crippen molar-refractivity contribution in [3.63, 3.8) is 0 Å². The van der Waals surface area contributed by atoms with Gasteiger partial charge in [-0.15, -0.1) is 0 Å². The molecule has 4 aromatic rings. The Balaban J connectivity index is 1.65. The molecule has 7 nitrogen and oxygen atoms in total. The fourth-order valence-corrected chi connectivity index (χ4v) is 4.13. The molecule has 27 heavy (non-hydrogen) atoms. The van der Waals surface area contributed by atoms with E-state index in [0.717, 1.165) is 65.8 Å². The molecule has 8 heteroatoms. The van der Waals surface area contributed by atoms with E-state index in [-0.39, 0.29) is 0 Å². The average molecular weight is 382 g/mol. The summed E-state index contributed by atoms with van der Waals surface area (Å²) in [6.07, 6.45) is 3.78. The summed E-state index contributed by atoms with van der Waals surface area (Å²) in [4.78, 5) is 12.1. The number of hydrogen-bond donors (Lipinski definition) is 3. The van der Waals surface area contributed by atoms with Gasteiger partial charge >= 0.3 is 0 Å². The van der Waals surface area contributed by atoms with Crippen molar-refractivity contribution in [1.29, 1.82) is 0 Å². The zero-order valence-electron chi connectivity index (χ0n) is 14.7. The van der Waals surface area contributed by atoms with Gasteiger partial charge in [-0.05, 0) is 50.0 Å². The maximum atomic E-state index is 6.34. The first-order valence-electron chi connectivity index (χ1n) is 9.16. The summed E-state index contributed by atoms with van der Waals surface area (Å²) in [5, 5.41) is 10.7. The van der Waals surface area contributed by atoms with Crippen molar-refractivity contribution in [2.24, 2.45) is 5.92 Å². The predicted molar refractivity (Wildman–Crippen MR) is 108 cm³/mol. The lowest BCUT2D eigenvalue weighted by molar-refractivity contribution is 0.325. The Morgan fingerprint density at radius 2 is 2.07 bits per heavy atom. The molecule has 4 heterocycles. The molecule has 3 aromatic heterocycles. The zero-order chi connectivity index (χ0) is 18.4. The number of nitrogens with two attached hydrogens (primary N) is 1. The number of piperidine rings is 1. The van der Waals surface area contributed by atoms with Crippen molar-refractivity contribution in [2.75, 3.05) is 18.8 Å². The number of anilines is 1. The van der Waals surface area contributed by atoms with Crippen molar-refractivity contribution < 1.29 is 0 Å². The third-order valence-electron chi connectivity index (χ3n) is 5.31. The zero-order valence-corrected chi connectivity index (χ0v) is 15.5. The molecule has 1 aliphatic rings. The van der Waals surface area contributed by atoms with E-state index < -0.39 is 0 Å². The fraction of sp³-hybridized carbons (Fsp3) is 0.316. The van der Waals surface area contributed by atoms with Gasteiger partial charge in [0, 0.05) is 22.5 Å². The number of aromatic amines is 1. The van der Waals surface area contributed by atoms with Crippen molar-refractivity contribution in [2.45, 2.75) is 19.4 Å². The van der Waals surface area contributed by atoms with Crippen LogP contribution in [0.5, 0.6) is 0 Å². The van der Waals surface area contributed by atoms with Crippen LogP contribution in [0.25, 0.3) is 33.3 Å². The quantitative estimate of drug-likeness (QED) is 0.506. The molecule has 0 spiro atoms. The highest BCUT2D eigenvalue weighted by atomic mass is 35.5. The van der Waals surface area contributed by atoms with Crippen molar-refractivity contribution >= 4 is 39.4 Å². The molecule has 1 aliphatic heterocycles. The van der Waals surface area contributed by atoms with Gasteiger partial charge < -0.3 is 16.0 Å². The van der Waals surface area contributed by atoms with Crippen LogP contribution in [0.3, 0.4) is 0 Å². The molecule has 0 bridgehead atoms. The molecular formula is C19H20ClN7. The highest BCUT2D eigenvalue weighted by Crippen LogP contribution is 2.34. The van der Waals surface area contributed by atoms with Gasteiger partial charge in [-0.2, -0.15) is 5.10 Å². The Labute approximate surface area is 160 Å². The Kier molecular flexibility index (Phi) is 3.98. The van der Waals surface area contributed by atoms with Crippen molar-refractivity contribution in [3.8, 4) is 11.4 Å². The number of nitrogens with zero attached hydrogens (tertiary/aromatic N) is 4. The summed E-state index contributed by atoms with van der Waals surface area (Å²) in [5.41, 5.74) is 9.59. The first-order chi connectivity index (χ1) is 13.2. The normalized spacial score (nSPS) is 15.7. The number of halogens is 1. The van der Waals surface area contributed by atoms with Crippen molar-refractivity contribution in [3.05, 3.63) is 35.6 Å². The van der Waals surface area contributed by atoms with Crippen LogP contribution in [0.15, 0.2) is 30.6 Å². The number of benzene rings is 1. The van der Waals surface area contributed by atoms with E-state index in [9.17, 15) is 0 Å². The van der Waals surface area contributed by atoms with Gasteiger partial charge in [0.05, 0.1) is 11.1 Å². The number of hydrogen-bond acceptors (Lipinski definition) is 5. The number of H-pyrrole nitrogens is 1. The number of rotatable bonds is 3. The molecule has 138 valence electrons. The Morgan fingerprint density at radius 1 is 1.22 bits per heavy atom. The van der Waals surface area contributed by atoms with E-state index >= 15 is 0 Å². The molecule has 0 unspecified atom stereocenters. The Bertz CT molecular complexity index is 1120. The summed E-state index contributed by atoms with van der Waals surface area (Å²) in [5.74, 6) is 1.02. The van der Waals surface area contributed by atoms with Crippen LogP contribution in [-0.2, 0) is 6.54 Å². The molecule has 5 rings (SSSR count). The first kappa shape index (κ1) is 16.5. The molecule has 0 aliphatic carbocycles. The highest BCUT2D eigenvalue weighted by molar-refractivity contribution is 6.35. The summed E-state index contributed by atoms with van der Waals surface area (Å²) in [6.45, 7) is 2.93. The first-order valence-corrected chi connectivity index (χ1v) is 9.54. The topological polar surface area (TPSA) is 97.4 Å². The van der Waals surface area contributed by atoms with E-state index in [4.69, 9.17) is 22.4 Å². The van der Waals surface area contributed by atoms with E-state index in [1.54, 1.807) is 0 Å². The lowest BCUT2D eigenvalue weighted by Crippen LogP contribution is -2.30. The standard InChI is InChI=1S/C19H20ClN7/c20-13-2-1-3-14-12(13)8-15(25-14)17-16-18(21)23-10-24-19(16)27(26-17)9-11-4-6-22-7-5-11/h1-3,8,10-11,22,25H,4-7,9H2,(H2,21,23,24). The van der Waals surface area contributed by atoms with Crippen LogP contribution in [0.1, 0.15) is 12.8 Å². The lowest BCUT2D eigenvalue weighted by Gasteiger charge is -2.22. The predicted octanol–water partition coefficient (Wildman–Crippen LogP) is 3.21. The molecule has 0 saturated carbocycles. The minimum Gasteiger partial charge on any atom is -0.383 e. The maximum Gasteiger partial charge on any atom is 0.164 e. The van der Waals surface area contributed by atoms with Gasteiger partial charge in [0.25, 0.3) is 0 Å². The summed E-state index contributed by atoms with van der Waals surface area (Å²) < 4.78 is 1.98. The van der Waals surface area contributed by atoms with Crippen LogP contribution in [-0.4, -0.2) is 37.8 Å². The highest BCUT2D eigenvalue weighted by Gasteiger charge is 2.21. The second-order valence-corrected chi connectivity index (χ2v) is 7.47. The van der Waals surface area contributed by atoms with Crippen molar-refractivity contribution in [1.82, 2.24) is 30.0 Å². The number of fused-ring (bicyclic) bond motifs is 2. The number of aromatic nitrogens is 5. The van der Waals surface area contributed by atoms with Crippen LogP contribution < -0.4 is 11.1 Å². The minimum atomic E-state index is 0.441. The molecule has 1 fully saturated rings. The lowest BCUT2D eigenvalue weighted by atomic mass is 9.98. The Hall–Kier alpha value is -2.64. The van der Waals surface area contributed by atoms with Gasteiger partial charge in [0.2, 0.25) is 0 Å². The number of nitrogen functional groups attached to an aromatic ring is 1. The van der Waals surface area contributed by atoms with E-state index in [0.29, 0.717) is 16.8 Å². The van der Waals surface area contributed by atoms with E-state index in [2.05, 4.69) is 20.3 Å². The van der Waals surface area contributed by atoms with Gasteiger partial charge in [-0.1, -0.05) is 17.7 Å². The van der Waals surface area contributed by atoms with E-state index in [1.165, 1.54) is 6.33 Å². The molecule has 0 radical (unpaired) electrons. The second kappa shape index (κ2) is 6.51. The van der Waals surface area contributed by atoms with E-state index in [1.807, 2.05) is 28.9 Å². The number of nitrogens with one attached hydrogen (secondary N) is 2. The van der Waals surface area contributed by atoms with Crippen LogP contribution >= 0.6 is 11.6 Å². The Morgan fingerprint density at radius 3 is 2.89 bits per heavy atom. The average Bonchev–Trinajstić information content (AvgIpc) is 3.26. The molecule has 0 atom stereocenters. The maximum absolute atomic E-state index is 6.34. The molecule has 0 amide bonds. The van der Waals surface area contributed by atoms with Gasteiger partial charge in [-0.3, -0.25) is 0 Å². The third kappa shape index (κ3) is 2.83. The summed E-state index contributed by atoms with van der Waals surface area (Å²) >= 11 is 6.34. The minimum absolute atomic E-state index is 0.441. The second-order valence-electron chi connectivity index (χ2n) is 7.07. The van der Waals surface area contributed by atoms with Gasteiger partial charge in [0.15, 0.2) is 5.65 Å². The van der Waals surface area contributed by atoms with Gasteiger partial charge in [-0.25, -0.2) is 14.6 Å². The smallest absolute Gasteiger partial charge is 0.164 e. The third-order valence-corrected chi connectivity index (χ3v) is 5.64. The van der Waals surface area contributed by atoms with Crippen LogP contribution in [0, 0.1) is 5.92 Å². The summed E-state index contributed by atoms with van der Waals surface area (Å²) in [7, 11) is 0. The molecule has 1 aromatic carbocycles. The summed E-state index contributed by atoms with van der Waals surface area (Å²) in [6, 6.07) is 7.82. The van der Waals surface area contributed by atoms with Crippen LogP contribution in [0.2, 0.25) is 5.02 Å². The monoisotopic (exact) mass is 381 g/mol. The molecule has 4 N–H and O–H groups in total. The molecular weight excluding hydrogens is 362 g/mol. The van der Waals surface area contributed by atoms with Crippen LogP contribution in [0.4, 0.5) is 5.82 Å².